The van der Waals surface area contributed by atoms with Gasteiger partial charge in [0.2, 0.25) is 0 Å². The second-order valence-corrected chi connectivity index (χ2v) is 6.47. The average Bonchev–Trinajstić information content (AvgIpc) is 2.67. The number of benzene rings is 1. The lowest BCUT2D eigenvalue weighted by atomic mass is 9.94. The van der Waals surface area contributed by atoms with E-state index in [1.165, 1.54) is 0 Å². The molecule has 7 heteroatoms. The highest BCUT2D eigenvalue weighted by molar-refractivity contribution is 5.90. The van der Waals surface area contributed by atoms with Crippen LogP contribution in [0.2, 0.25) is 0 Å². The van der Waals surface area contributed by atoms with E-state index in [-0.39, 0.29) is 24.6 Å². The van der Waals surface area contributed by atoms with Crippen molar-refractivity contribution in [1.82, 2.24) is 15.3 Å². The molecule has 3 rings (SSSR count). The maximum atomic E-state index is 12.3. The fraction of sp³-hybridized carbons (Fsp3) is 0.421. The van der Waals surface area contributed by atoms with Crippen LogP contribution in [0.15, 0.2) is 36.5 Å². The smallest absolute Gasteiger partial charge is 0.319 e. The number of nitrogens with zero attached hydrogens (tertiary/aromatic N) is 2. The molecule has 7 nitrogen and oxygen atoms in total. The Morgan fingerprint density at radius 2 is 2.31 bits per heavy atom. The van der Waals surface area contributed by atoms with E-state index in [9.17, 15) is 9.90 Å². The Morgan fingerprint density at radius 1 is 1.42 bits per heavy atom. The number of amides is 2. The first-order valence-corrected chi connectivity index (χ1v) is 8.82. The minimum Gasteiger partial charge on any atom is -0.394 e. The fourth-order valence-electron chi connectivity index (χ4n) is 3.06. The standard InChI is InChI=1S/C19H24N4O3/c1-13-7-8-20-18(21-13)14-4-2-6-16(10-14)22-19(25)23-17(11-24)15-5-3-9-26-12-15/h2,4,6-8,10,15,17,24H,3,5,9,11-12H2,1H3,(H2,22,23,25). The number of aryl methyl sites for hydroxylation is 1. The minimum absolute atomic E-state index is 0.112. The molecule has 0 bridgehead atoms. The normalized spacial score (nSPS) is 18.2. The van der Waals surface area contributed by atoms with E-state index >= 15 is 0 Å². The molecular formula is C19H24N4O3. The van der Waals surface area contributed by atoms with Crippen molar-refractivity contribution in [3.63, 3.8) is 0 Å². The summed E-state index contributed by atoms with van der Waals surface area (Å²) in [4.78, 5) is 21.0. The van der Waals surface area contributed by atoms with Crippen molar-refractivity contribution in [1.29, 1.82) is 0 Å². The van der Waals surface area contributed by atoms with Gasteiger partial charge in [0.25, 0.3) is 0 Å². The van der Waals surface area contributed by atoms with E-state index in [1.54, 1.807) is 12.3 Å². The molecule has 0 aliphatic carbocycles. The Kier molecular flexibility index (Phi) is 6.14. The number of urea groups is 1. The second-order valence-electron chi connectivity index (χ2n) is 6.47. The summed E-state index contributed by atoms with van der Waals surface area (Å²) in [6, 6.07) is 8.53. The Bertz CT molecular complexity index is 747. The quantitative estimate of drug-likeness (QED) is 0.764. The Hall–Kier alpha value is -2.51. The summed E-state index contributed by atoms with van der Waals surface area (Å²) in [5.74, 6) is 0.744. The lowest BCUT2D eigenvalue weighted by molar-refractivity contribution is 0.0309. The van der Waals surface area contributed by atoms with Crippen LogP contribution in [0.3, 0.4) is 0 Å². The molecule has 2 amide bonds. The SMILES string of the molecule is Cc1ccnc(-c2cccc(NC(=O)NC(CO)C3CCCOC3)c2)n1. The molecule has 2 unspecified atom stereocenters. The maximum Gasteiger partial charge on any atom is 0.319 e. The lowest BCUT2D eigenvalue weighted by Gasteiger charge is -2.29. The van der Waals surface area contributed by atoms with Gasteiger partial charge in [-0.15, -0.1) is 0 Å². The van der Waals surface area contributed by atoms with Gasteiger partial charge in [0.05, 0.1) is 19.3 Å². The van der Waals surface area contributed by atoms with Gasteiger partial charge in [-0.1, -0.05) is 12.1 Å². The Labute approximate surface area is 152 Å². The number of carbonyl (C=O) groups is 1. The third-order valence-electron chi connectivity index (χ3n) is 4.45. The predicted octanol–water partition coefficient (Wildman–Crippen LogP) is 2.36. The van der Waals surface area contributed by atoms with Crippen molar-refractivity contribution in [2.75, 3.05) is 25.1 Å². The van der Waals surface area contributed by atoms with E-state index < -0.39 is 0 Å². The van der Waals surface area contributed by atoms with Crippen LogP contribution in [0, 0.1) is 12.8 Å². The van der Waals surface area contributed by atoms with Crippen LogP contribution >= 0.6 is 0 Å². The van der Waals surface area contributed by atoms with Crippen LogP contribution in [-0.2, 0) is 4.74 Å². The van der Waals surface area contributed by atoms with Gasteiger partial charge in [0.1, 0.15) is 0 Å². The highest BCUT2D eigenvalue weighted by Crippen LogP contribution is 2.20. The number of aromatic nitrogens is 2. The maximum absolute atomic E-state index is 12.3. The highest BCUT2D eigenvalue weighted by Gasteiger charge is 2.25. The van der Waals surface area contributed by atoms with Gasteiger partial charge in [-0.3, -0.25) is 0 Å². The third-order valence-corrected chi connectivity index (χ3v) is 4.45. The van der Waals surface area contributed by atoms with Gasteiger partial charge in [0.15, 0.2) is 5.82 Å². The minimum atomic E-state index is -0.350. The molecule has 1 saturated heterocycles. The van der Waals surface area contributed by atoms with Gasteiger partial charge in [-0.25, -0.2) is 14.8 Å². The topological polar surface area (TPSA) is 96.4 Å². The molecule has 2 aromatic rings. The zero-order valence-electron chi connectivity index (χ0n) is 14.8. The van der Waals surface area contributed by atoms with Crippen LogP contribution < -0.4 is 10.6 Å². The molecule has 0 spiro atoms. The summed E-state index contributed by atoms with van der Waals surface area (Å²) in [7, 11) is 0. The lowest BCUT2D eigenvalue weighted by Crippen LogP contribution is -2.47. The first-order valence-electron chi connectivity index (χ1n) is 8.82. The molecule has 2 atom stereocenters. The number of hydrogen-bond acceptors (Lipinski definition) is 5. The molecule has 1 aromatic heterocycles. The summed E-state index contributed by atoms with van der Waals surface area (Å²) in [5.41, 5.74) is 2.35. The van der Waals surface area contributed by atoms with Crippen molar-refractivity contribution in [3.8, 4) is 11.4 Å². The van der Waals surface area contributed by atoms with E-state index in [4.69, 9.17) is 4.74 Å². The monoisotopic (exact) mass is 356 g/mol. The highest BCUT2D eigenvalue weighted by atomic mass is 16.5. The fourth-order valence-corrected chi connectivity index (χ4v) is 3.06. The number of rotatable bonds is 5. The third kappa shape index (κ3) is 4.77. The van der Waals surface area contributed by atoms with E-state index in [2.05, 4.69) is 20.6 Å². The van der Waals surface area contributed by atoms with Gasteiger partial charge in [-0.05, 0) is 38.0 Å². The number of carbonyl (C=O) groups excluding carboxylic acids is 1. The molecule has 0 saturated carbocycles. The van der Waals surface area contributed by atoms with Crippen LogP contribution in [0.5, 0.6) is 0 Å². The molecule has 1 aliphatic rings. The van der Waals surface area contributed by atoms with Crippen molar-refractivity contribution < 1.29 is 14.6 Å². The van der Waals surface area contributed by atoms with Gasteiger partial charge >= 0.3 is 6.03 Å². The Balaban J connectivity index is 1.64. The molecule has 26 heavy (non-hydrogen) atoms. The number of hydrogen-bond donors (Lipinski definition) is 3. The summed E-state index contributed by atoms with van der Waals surface area (Å²) < 4.78 is 5.44. The zero-order valence-corrected chi connectivity index (χ0v) is 14.8. The predicted molar refractivity (Wildman–Crippen MR) is 98.8 cm³/mol. The van der Waals surface area contributed by atoms with Crippen LogP contribution in [0.25, 0.3) is 11.4 Å². The first kappa shape index (κ1) is 18.3. The molecule has 2 heterocycles. The van der Waals surface area contributed by atoms with Gasteiger partial charge < -0.3 is 20.5 Å². The molecular weight excluding hydrogens is 332 g/mol. The number of aliphatic hydroxyl groups excluding tert-OH is 1. The van der Waals surface area contributed by atoms with Crippen LogP contribution in [0.1, 0.15) is 18.5 Å². The van der Waals surface area contributed by atoms with Crippen molar-refractivity contribution in [2.24, 2.45) is 5.92 Å². The van der Waals surface area contributed by atoms with Crippen LogP contribution in [-0.4, -0.2) is 47.0 Å². The summed E-state index contributed by atoms with van der Waals surface area (Å²) in [5, 5.41) is 15.3. The van der Waals surface area contributed by atoms with E-state index in [1.807, 2.05) is 31.2 Å². The Morgan fingerprint density at radius 3 is 3.04 bits per heavy atom. The van der Waals surface area contributed by atoms with Gasteiger partial charge in [0, 0.05) is 35.7 Å². The number of nitrogens with one attached hydrogen (secondary N) is 2. The molecule has 1 fully saturated rings. The van der Waals surface area contributed by atoms with Crippen molar-refractivity contribution >= 4 is 11.7 Å². The molecule has 3 N–H and O–H groups in total. The zero-order chi connectivity index (χ0) is 18.4. The molecule has 1 aliphatic heterocycles. The van der Waals surface area contributed by atoms with Crippen LogP contribution in [0.4, 0.5) is 10.5 Å². The largest absolute Gasteiger partial charge is 0.394 e. The summed E-state index contributed by atoms with van der Waals surface area (Å²) >= 11 is 0. The van der Waals surface area contributed by atoms with E-state index in [0.29, 0.717) is 18.1 Å². The second kappa shape index (κ2) is 8.73. The van der Waals surface area contributed by atoms with Crippen molar-refractivity contribution in [2.45, 2.75) is 25.8 Å². The molecule has 1 aromatic carbocycles. The van der Waals surface area contributed by atoms with Crippen molar-refractivity contribution in [3.05, 3.63) is 42.2 Å². The molecule has 138 valence electrons. The summed E-state index contributed by atoms with van der Waals surface area (Å²) in [6.07, 6.45) is 3.59. The average molecular weight is 356 g/mol. The number of ether oxygens (including phenoxy) is 1. The summed E-state index contributed by atoms with van der Waals surface area (Å²) in [6.45, 7) is 3.10. The first-order chi connectivity index (χ1) is 12.7. The molecule has 0 radical (unpaired) electrons. The van der Waals surface area contributed by atoms with Gasteiger partial charge in [-0.2, -0.15) is 0 Å². The van der Waals surface area contributed by atoms with E-state index in [0.717, 1.165) is 30.7 Å². The number of aliphatic hydroxyl groups is 1. The number of anilines is 1.